The van der Waals surface area contributed by atoms with E-state index in [0.29, 0.717) is 23.7 Å². The molecule has 0 aromatic carbocycles. The quantitative estimate of drug-likeness (QED) is 0.458. The van der Waals surface area contributed by atoms with E-state index in [1.165, 1.54) is 37.7 Å². The van der Waals surface area contributed by atoms with Gasteiger partial charge in [-0.1, -0.05) is 46.4 Å². The number of fused-ring (bicyclic) bond motifs is 7. The third-order valence-corrected chi connectivity index (χ3v) is 13.5. The fourth-order valence-corrected chi connectivity index (χ4v) is 11.3. The van der Waals surface area contributed by atoms with E-state index in [4.69, 9.17) is 0 Å². The monoisotopic (exact) mass is 465 g/mol. The van der Waals surface area contributed by atoms with Crippen LogP contribution in [-0.4, -0.2) is 23.4 Å². The summed E-state index contributed by atoms with van der Waals surface area (Å²) in [5.74, 6) is 2.31. The van der Waals surface area contributed by atoms with Gasteiger partial charge >= 0.3 is 0 Å². The zero-order valence-electron chi connectivity index (χ0n) is 22.1. The highest BCUT2D eigenvalue weighted by Crippen LogP contribution is 2.77. The van der Waals surface area contributed by atoms with E-state index in [0.717, 1.165) is 37.7 Å². The molecule has 0 bridgehead atoms. The molecule has 3 heteroatoms. The maximum atomic E-state index is 10.5. The van der Waals surface area contributed by atoms with Crippen molar-refractivity contribution in [1.82, 2.24) is 0 Å². The summed E-state index contributed by atoms with van der Waals surface area (Å²) >= 11 is 0. The Morgan fingerprint density at radius 1 is 0.941 bits per heavy atom. The van der Waals surface area contributed by atoms with E-state index in [1.807, 2.05) is 0 Å². The van der Waals surface area contributed by atoms with Crippen molar-refractivity contribution in [1.29, 1.82) is 5.26 Å². The van der Waals surface area contributed by atoms with Gasteiger partial charge in [0.2, 0.25) is 0 Å². The van der Waals surface area contributed by atoms with Crippen LogP contribution in [0.25, 0.3) is 0 Å². The van der Waals surface area contributed by atoms with Crippen LogP contribution in [0.4, 0.5) is 0 Å². The van der Waals surface area contributed by atoms with Crippen LogP contribution in [0, 0.1) is 68.0 Å². The Labute approximate surface area is 207 Å². The molecule has 0 saturated heterocycles. The minimum Gasteiger partial charge on any atom is -0.395 e. The van der Waals surface area contributed by atoms with Crippen molar-refractivity contribution in [2.24, 2.45) is 56.7 Å². The van der Waals surface area contributed by atoms with Crippen molar-refractivity contribution < 1.29 is 10.2 Å². The molecule has 0 aliphatic heterocycles. The standard InChI is InChI=1S/C31H47NO2/c1-20(17-33)22-10-14-31(18-32)16-15-29(5)23(26(22)31)7-8-25-27(3)12-9-21(2)28(4,19-34)24(27)11-13-30(25,29)6/h22-26,33-34H,1-2,7-17,19H2,3-6H3. The van der Waals surface area contributed by atoms with E-state index >= 15 is 0 Å². The number of rotatable bonds is 3. The number of aliphatic hydroxyl groups excluding tert-OH is 2. The first-order valence-corrected chi connectivity index (χ1v) is 14.0. The molecule has 0 aromatic heterocycles. The second kappa shape index (κ2) is 7.69. The topological polar surface area (TPSA) is 64.2 Å². The largest absolute Gasteiger partial charge is 0.395 e. The zero-order chi connectivity index (χ0) is 24.7. The van der Waals surface area contributed by atoms with Gasteiger partial charge in [0.15, 0.2) is 0 Å². The molecular weight excluding hydrogens is 418 g/mol. The van der Waals surface area contributed by atoms with Gasteiger partial charge in [0.05, 0.1) is 24.7 Å². The summed E-state index contributed by atoms with van der Waals surface area (Å²) in [7, 11) is 0. The molecule has 0 radical (unpaired) electrons. The molecule has 5 fully saturated rings. The van der Waals surface area contributed by atoms with Crippen LogP contribution in [0.2, 0.25) is 0 Å². The molecule has 2 N–H and O–H groups in total. The van der Waals surface area contributed by atoms with Crippen molar-refractivity contribution in [2.75, 3.05) is 13.2 Å². The Kier molecular flexibility index (Phi) is 5.56. The number of nitriles is 1. The fourth-order valence-electron chi connectivity index (χ4n) is 11.3. The van der Waals surface area contributed by atoms with Gasteiger partial charge in [-0.3, -0.25) is 0 Å². The van der Waals surface area contributed by atoms with Crippen LogP contribution >= 0.6 is 0 Å². The maximum absolute atomic E-state index is 10.5. The third-order valence-electron chi connectivity index (χ3n) is 13.5. The Morgan fingerprint density at radius 3 is 2.32 bits per heavy atom. The highest BCUT2D eigenvalue weighted by atomic mass is 16.3. The van der Waals surface area contributed by atoms with Gasteiger partial charge in [-0.15, -0.1) is 0 Å². The summed E-state index contributed by atoms with van der Waals surface area (Å²) in [4.78, 5) is 0. The summed E-state index contributed by atoms with van der Waals surface area (Å²) < 4.78 is 0. The summed E-state index contributed by atoms with van der Waals surface area (Å²) in [5, 5.41) is 30.9. The van der Waals surface area contributed by atoms with E-state index < -0.39 is 0 Å². The molecule has 0 amide bonds. The first kappa shape index (κ1) is 24.6. The van der Waals surface area contributed by atoms with Crippen LogP contribution in [0.5, 0.6) is 0 Å². The van der Waals surface area contributed by atoms with Crippen LogP contribution in [0.1, 0.15) is 91.9 Å². The van der Waals surface area contributed by atoms with Gasteiger partial charge in [0, 0.05) is 5.41 Å². The van der Waals surface area contributed by atoms with Crippen molar-refractivity contribution in [3.63, 3.8) is 0 Å². The lowest BCUT2D eigenvalue weighted by Crippen LogP contribution is -2.66. The molecule has 10 atom stereocenters. The zero-order valence-corrected chi connectivity index (χ0v) is 22.1. The molecule has 188 valence electrons. The van der Waals surface area contributed by atoms with Crippen molar-refractivity contribution in [3.8, 4) is 6.07 Å². The SMILES string of the molecule is C=C(CO)C1CCC2(C#N)CCC3(C)C(CCC4C5(C)CCC(=C)C(C)(CO)C5CCC43C)C12. The lowest BCUT2D eigenvalue weighted by Gasteiger charge is -2.72. The first-order valence-electron chi connectivity index (χ1n) is 14.0. The van der Waals surface area contributed by atoms with Gasteiger partial charge in [0.25, 0.3) is 0 Å². The molecule has 10 unspecified atom stereocenters. The molecule has 0 spiro atoms. The molecule has 5 aliphatic carbocycles. The summed E-state index contributed by atoms with van der Waals surface area (Å²) in [5.41, 5.74) is 2.50. The molecule has 3 nitrogen and oxygen atoms in total. The van der Waals surface area contributed by atoms with Crippen molar-refractivity contribution in [3.05, 3.63) is 24.3 Å². The van der Waals surface area contributed by atoms with E-state index in [9.17, 15) is 15.5 Å². The molecule has 5 rings (SSSR count). The Hall–Kier alpha value is -1.11. The highest BCUT2D eigenvalue weighted by molar-refractivity contribution is 5.27. The number of nitrogens with zero attached hydrogens (tertiary/aromatic N) is 1. The van der Waals surface area contributed by atoms with Gasteiger partial charge < -0.3 is 10.2 Å². The summed E-state index contributed by atoms with van der Waals surface area (Å²) in [6.45, 7) is 19.0. The van der Waals surface area contributed by atoms with Gasteiger partial charge in [-0.25, -0.2) is 0 Å². The first-order chi connectivity index (χ1) is 16.0. The van der Waals surface area contributed by atoms with Gasteiger partial charge in [-0.2, -0.15) is 5.26 Å². The highest BCUT2D eigenvalue weighted by Gasteiger charge is 2.71. The number of hydrogen-bond donors (Lipinski definition) is 2. The van der Waals surface area contributed by atoms with E-state index in [1.54, 1.807) is 0 Å². The van der Waals surface area contributed by atoms with Crippen LogP contribution < -0.4 is 0 Å². The molecular formula is C31H47NO2. The molecule has 0 aromatic rings. The number of aliphatic hydroxyl groups is 2. The molecule has 5 aliphatic rings. The molecule has 5 saturated carbocycles. The summed E-state index contributed by atoms with van der Waals surface area (Å²) in [6, 6.07) is 2.84. The van der Waals surface area contributed by atoms with Crippen LogP contribution in [0.15, 0.2) is 24.3 Å². The minimum atomic E-state index is -0.227. The van der Waals surface area contributed by atoms with Crippen molar-refractivity contribution >= 4 is 0 Å². The van der Waals surface area contributed by atoms with Crippen LogP contribution in [-0.2, 0) is 0 Å². The third kappa shape index (κ3) is 2.77. The second-order valence-electron chi connectivity index (χ2n) is 14.1. The Bertz CT molecular complexity index is 934. The Balaban J connectivity index is 1.56. The fraction of sp³-hybridized carbons (Fsp3) is 0.839. The average Bonchev–Trinajstić information content (AvgIpc) is 3.22. The second-order valence-corrected chi connectivity index (χ2v) is 14.1. The minimum absolute atomic E-state index is 0.0510. The normalized spacial score (nSPS) is 54.3. The Morgan fingerprint density at radius 2 is 1.68 bits per heavy atom. The average molecular weight is 466 g/mol. The van der Waals surface area contributed by atoms with Crippen LogP contribution in [0.3, 0.4) is 0 Å². The predicted octanol–water partition coefficient (Wildman–Crippen LogP) is 6.67. The smallest absolute Gasteiger partial charge is 0.0693 e. The van der Waals surface area contributed by atoms with Gasteiger partial charge in [-0.05, 0) is 116 Å². The lowest BCUT2D eigenvalue weighted by atomic mass is 9.32. The van der Waals surface area contributed by atoms with Gasteiger partial charge in [0.1, 0.15) is 0 Å². The molecule has 34 heavy (non-hydrogen) atoms. The number of hydrogen-bond acceptors (Lipinski definition) is 3. The van der Waals surface area contributed by atoms with E-state index in [2.05, 4.69) is 46.9 Å². The predicted molar refractivity (Wildman–Crippen MR) is 137 cm³/mol. The molecule has 0 heterocycles. The summed E-state index contributed by atoms with van der Waals surface area (Å²) in [6.07, 6.45) is 11.2. The van der Waals surface area contributed by atoms with E-state index in [-0.39, 0.29) is 46.2 Å². The lowest BCUT2D eigenvalue weighted by molar-refractivity contribution is -0.230. The van der Waals surface area contributed by atoms with Crippen molar-refractivity contribution in [2.45, 2.75) is 91.9 Å². The maximum Gasteiger partial charge on any atom is 0.0693 e.